The molecule has 0 aliphatic rings. The van der Waals surface area contributed by atoms with Crippen LogP contribution in [0.3, 0.4) is 0 Å². The molecule has 4 aromatic rings. The van der Waals surface area contributed by atoms with Crippen molar-refractivity contribution in [3.8, 4) is 23.0 Å². The molecule has 10 heteroatoms. The molecule has 0 unspecified atom stereocenters. The van der Waals surface area contributed by atoms with Crippen molar-refractivity contribution in [3.05, 3.63) is 101 Å². The van der Waals surface area contributed by atoms with E-state index in [2.05, 4.69) is 11.6 Å². The standard InChI is InChI=1S/C30H25NO9/c1-3-26(32)36-16-6-7-17-37-30(35)38-22-13-10-20(11-14-22)28(33)39-25-15-12-21(18-19(25)2)27-31-24-9-5-4-8-23(24)29(34)40-27/h3-5,8-15,18H,1,6-7,16-17H2,2H3. The van der Waals surface area contributed by atoms with Crippen LogP contribution in [-0.4, -0.2) is 36.3 Å². The number of unbranched alkanes of at least 4 members (excludes halogenated alkanes) is 1. The minimum absolute atomic E-state index is 0.0933. The molecule has 0 bridgehead atoms. The van der Waals surface area contributed by atoms with Crippen molar-refractivity contribution in [3.63, 3.8) is 0 Å². The normalized spacial score (nSPS) is 10.5. The number of aryl methyl sites for hydroxylation is 1. The fraction of sp³-hybridized carbons (Fsp3) is 0.167. The van der Waals surface area contributed by atoms with Crippen molar-refractivity contribution in [2.45, 2.75) is 19.8 Å². The van der Waals surface area contributed by atoms with Gasteiger partial charge in [-0.2, -0.15) is 0 Å². The SMILES string of the molecule is C=CC(=O)OCCCCOC(=O)Oc1ccc(C(=O)Oc2ccc(-c3nc4ccccc4c(=O)o3)cc2C)cc1. The van der Waals surface area contributed by atoms with Gasteiger partial charge in [-0.1, -0.05) is 18.7 Å². The lowest BCUT2D eigenvalue weighted by molar-refractivity contribution is -0.137. The van der Waals surface area contributed by atoms with Gasteiger partial charge in [-0.05, 0) is 79.9 Å². The number of para-hydroxylation sites is 1. The second-order valence-corrected chi connectivity index (χ2v) is 8.50. The van der Waals surface area contributed by atoms with Crippen LogP contribution in [0.2, 0.25) is 0 Å². The lowest BCUT2D eigenvalue weighted by Gasteiger charge is -2.10. The third-order valence-electron chi connectivity index (χ3n) is 5.62. The van der Waals surface area contributed by atoms with E-state index < -0.39 is 23.7 Å². The first-order chi connectivity index (χ1) is 19.3. The van der Waals surface area contributed by atoms with Crippen LogP contribution in [0.1, 0.15) is 28.8 Å². The first-order valence-corrected chi connectivity index (χ1v) is 12.3. The predicted molar refractivity (Wildman–Crippen MR) is 144 cm³/mol. The second-order valence-electron chi connectivity index (χ2n) is 8.50. The molecule has 10 nitrogen and oxygen atoms in total. The smallest absolute Gasteiger partial charge is 0.463 e. The largest absolute Gasteiger partial charge is 0.513 e. The molecule has 40 heavy (non-hydrogen) atoms. The van der Waals surface area contributed by atoms with Crippen LogP contribution in [0.15, 0.2) is 88.6 Å². The van der Waals surface area contributed by atoms with E-state index in [1.807, 2.05) is 0 Å². The van der Waals surface area contributed by atoms with E-state index in [1.54, 1.807) is 49.4 Å². The molecule has 0 N–H and O–H groups in total. The van der Waals surface area contributed by atoms with E-state index >= 15 is 0 Å². The van der Waals surface area contributed by atoms with E-state index in [4.69, 9.17) is 23.4 Å². The Kier molecular flexibility index (Phi) is 9.03. The highest BCUT2D eigenvalue weighted by molar-refractivity contribution is 5.91. The van der Waals surface area contributed by atoms with Gasteiger partial charge in [-0.3, -0.25) is 0 Å². The fourth-order valence-electron chi connectivity index (χ4n) is 3.57. The third kappa shape index (κ3) is 7.19. The summed E-state index contributed by atoms with van der Waals surface area (Å²) in [5, 5.41) is 0.391. The summed E-state index contributed by atoms with van der Waals surface area (Å²) in [7, 11) is 0. The number of carbonyl (C=O) groups excluding carboxylic acids is 3. The minimum Gasteiger partial charge on any atom is -0.463 e. The Hall–Kier alpha value is -5.25. The minimum atomic E-state index is -0.897. The molecule has 0 aliphatic heterocycles. The van der Waals surface area contributed by atoms with Gasteiger partial charge in [0.15, 0.2) is 0 Å². The van der Waals surface area contributed by atoms with Crippen LogP contribution >= 0.6 is 0 Å². The van der Waals surface area contributed by atoms with Crippen molar-refractivity contribution >= 4 is 29.0 Å². The maximum absolute atomic E-state index is 12.7. The summed E-state index contributed by atoms with van der Waals surface area (Å²) < 4.78 is 25.8. The number of nitrogens with zero attached hydrogens (tertiary/aromatic N) is 1. The monoisotopic (exact) mass is 543 g/mol. The highest BCUT2D eigenvalue weighted by atomic mass is 16.7. The lowest BCUT2D eigenvalue weighted by Crippen LogP contribution is -2.13. The van der Waals surface area contributed by atoms with Crippen molar-refractivity contribution in [2.24, 2.45) is 0 Å². The molecule has 0 saturated heterocycles. The molecule has 1 aromatic heterocycles. The average Bonchev–Trinajstić information content (AvgIpc) is 2.96. The van der Waals surface area contributed by atoms with E-state index in [1.165, 1.54) is 24.3 Å². The summed E-state index contributed by atoms with van der Waals surface area (Å²) in [4.78, 5) is 52.2. The van der Waals surface area contributed by atoms with Crippen LogP contribution in [0.25, 0.3) is 22.4 Å². The van der Waals surface area contributed by atoms with Gasteiger partial charge in [-0.25, -0.2) is 24.2 Å². The highest BCUT2D eigenvalue weighted by Crippen LogP contribution is 2.26. The van der Waals surface area contributed by atoms with Crippen molar-refractivity contribution < 1.29 is 37.7 Å². The molecule has 0 saturated carbocycles. The second kappa shape index (κ2) is 13.0. The van der Waals surface area contributed by atoms with Crippen LogP contribution in [0.5, 0.6) is 11.5 Å². The summed E-state index contributed by atoms with van der Waals surface area (Å²) in [6, 6.07) is 17.6. The Morgan fingerprint density at radius 3 is 2.38 bits per heavy atom. The van der Waals surface area contributed by atoms with E-state index in [-0.39, 0.29) is 30.4 Å². The summed E-state index contributed by atoms with van der Waals surface area (Å²) in [5.74, 6) is -0.455. The molecule has 0 atom stereocenters. The van der Waals surface area contributed by atoms with E-state index in [0.717, 1.165) is 6.08 Å². The summed E-state index contributed by atoms with van der Waals surface area (Å²) in [6.07, 6.45) is 1.18. The quantitative estimate of drug-likeness (QED) is 0.0841. The van der Waals surface area contributed by atoms with Crippen LogP contribution < -0.4 is 15.1 Å². The zero-order chi connectivity index (χ0) is 28.5. The summed E-state index contributed by atoms with van der Waals surface area (Å²) in [5.41, 5.74) is 1.46. The van der Waals surface area contributed by atoms with Crippen molar-refractivity contribution in [1.82, 2.24) is 4.98 Å². The molecule has 0 radical (unpaired) electrons. The Bertz CT molecular complexity index is 1610. The van der Waals surface area contributed by atoms with Crippen molar-refractivity contribution in [1.29, 1.82) is 0 Å². The number of hydrogen-bond acceptors (Lipinski definition) is 10. The van der Waals surface area contributed by atoms with Crippen LogP contribution in [0, 0.1) is 6.92 Å². The van der Waals surface area contributed by atoms with E-state index in [9.17, 15) is 19.2 Å². The Morgan fingerprint density at radius 2 is 1.65 bits per heavy atom. The molecule has 3 aromatic carbocycles. The number of esters is 2. The summed E-state index contributed by atoms with van der Waals surface area (Å²) in [6.45, 7) is 5.34. The van der Waals surface area contributed by atoms with Gasteiger partial charge in [0, 0.05) is 11.6 Å². The number of carbonyl (C=O) groups is 3. The van der Waals surface area contributed by atoms with Crippen molar-refractivity contribution in [2.75, 3.05) is 13.2 Å². The van der Waals surface area contributed by atoms with Crippen LogP contribution in [0.4, 0.5) is 4.79 Å². The van der Waals surface area contributed by atoms with Gasteiger partial charge < -0.3 is 23.4 Å². The maximum Gasteiger partial charge on any atom is 0.513 e. The van der Waals surface area contributed by atoms with E-state index in [0.29, 0.717) is 40.6 Å². The number of hydrogen-bond donors (Lipinski definition) is 0. The zero-order valence-electron chi connectivity index (χ0n) is 21.6. The number of benzene rings is 3. The molecule has 0 aliphatic carbocycles. The number of ether oxygens (including phenoxy) is 4. The molecule has 0 fully saturated rings. The highest BCUT2D eigenvalue weighted by Gasteiger charge is 2.14. The lowest BCUT2D eigenvalue weighted by atomic mass is 10.1. The molecule has 1 heterocycles. The van der Waals surface area contributed by atoms with Gasteiger partial charge >= 0.3 is 23.7 Å². The number of aromatic nitrogens is 1. The fourth-order valence-corrected chi connectivity index (χ4v) is 3.57. The van der Waals surface area contributed by atoms with Crippen LogP contribution in [-0.2, 0) is 14.3 Å². The first kappa shape index (κ1) is 27.8. The van der Waals surface area contributed by atoms with Gasteiger partial charge in [-0.15, -0.1) is 0 Å². The molecular weight excluding hydrogens is 518 g/mol. The molecule has 204 valence electrons. The number of fused-ring (bicyclic) bond motifs is 1. The molecule has 4 rings (SSSR count). The maximum atomic E-state index is 12.7. The Labute approximate surface area is 228 Å². The summed E-state index contributed by atoms with van der Waals surface area (Å²) >= 11 is 0. The van der Waals surface area contributed by atoms with Gasteiger partial charge in [0.05, 0.1) is 29.7 Å². The molecule has 0 spiro atoms. The topological polar surface area (TPSA) is 131 Å². The molecule has 0 amide bonds. The average molecular weight is 544 g/mol. The predicted octanol–water partition coefficient (Wildman–Crippen LogP) is 5.41. The molecular formula is C30H25NO9. The third-order valence-corrected chi connectivity index (χ3v) is 5.62. The van der Waals surface area contributed by atoms with Gasteiger partial charge in [0.25, 0.3) is 0 Å². The first-order valence-electron chi connectivity index (χ1n) is 12.3. The number of rotatable bonds is 10. The zero-order valence-corrected chi connectivity index (χ0v) is 21.6. The van der Waals surface area contributed by atoms with Gasteiger partial charge in [0.1, 0.15) is 11.5 Å². The Morgan fingerprint density at radius 1 is 0.925 bits per heavy atom. The van der Waals surface area contributed by atoms with Gasteiger partial charge in [0.2, 0.25) is 5.89 Å². The Balaban J connectivity index is 1.30.